The highest BCUT2D eigenvalue weighted by Gasteiger charge is 2.19. The maximum absolute atomic E-state index is 13.1. The summed E-state index contributed by atoms with van der Waals surface area (Å²) in [4.78, 5) is 12.4. The molecule has 0 saturated heterocycles. The predicted molar refractivity (Wildman–Crippen MR) is 97.4 cm³/mol. The SMILES string of the molecule is COc1cc(OC)c(NC(=O)[C@@H](C)Oc2ccc(F)cc2Br)cc1Cl. The van der Waals surface area contributed by atoms with Crippen molar-refractivity contribution in [2.45, 2.75) is 13.0 Å². The Kier molecular flexibility index (Phi) is 6.50. The first-order chi connectivity index (χ1) is 11.8. The quantitative estimate of drug-likeness (QED) is 0.721. The third-order valence-corrected chi connectivity index (χ3v) is 4.21. The van der Waals surface area contributed by atoms with E-state index < -0.39 is 17.8 Å². The molecule has 8 heteroatoms. The Morgan fingerprint density at radius 2 is 1.84 bits per heavy atom. The van der Waals surface area contributed by atoms with Crippen molar-refractivity contribution < 1.29 is 23.4 Å². The van der Waals surface area contributed by atoms with Gasteiger partial charge in [-0.25, -0.2) is 4.39 Å². The Labute approximate surface area is 158 Å². The van der Waals surface area contributed by atoms with Crippen LogP contribution in [0.3, 0.4) is 0 Å². The van der Waals surface area contributed by atoms with E-state index in [1.807, 2.05) is 0 Å². The van der Waals surface area contributed by atoms with Crippen molar-refractivity contribution in [3.8, 4) is 17.2 Å². The number of rotatable bonds is 6. The number of anilines is 1. The van der Waals surface area contributed by atoms with Crippen LogP contribution in [0.2, 0.25) is 5.02 Å². The Bertz CT molecular complexity index is 787. The van der Waals surface area contributed by atoms with Gasteiger partial charge in [-0.15, -0.1) is 0 Å². The third kappa shape index (κ3) is 4.76. The Hall–Kier alpha value is -1.99. The number of ether oxygens (including phenoxy) is 3. The summed E-state index contributed by atoms with van der Waals surface area (Å²) in [6.07, 6.45) is -0.840. The molecule has 0 bridgehead atoms. The van der Waals surface area contributed by atoms with Crippen LogP contribution in [-0.4, -0.2) is 26.2 Å². The molecule has 0 heterocycles. The lowest BCUT2D eigenvalue weighted by atomic mass is 10.2. The third-order valence-electron chi connectivity index (χ3n) is 3.30. The van der Waals surface area contributed by atoms with Crippen LogP contribution in [-0.2, 0) is 4.79 Å². The van der Waals surface area contributed by atoms with Crippen molar-refractivity contribution in [3.05, 3.63) is 45.6 Å². The van der Waals surface area contributed by atoms with Gasteiger partial charge in [-0.2, -0.15) is 0 Å². The van der Waals surface area contributed by atoms with Crippen LogP contribution in [0.15, 0.2) is 34.8 Å². The molecule has 2 rings (SSSR count). The fraction of sp³-hybridized carbons (Fsp3) is 0.235. The molecule has 25 heavy (non-hydrogen) atoms. The zero-order valence-corrected chi connectivity index (χ0v) is 16.1. The molecule has 1 amide bonds. The minimum absolute atomic E-state index is 0.327. The molecule has 5 nitrogen and oxygen atoms in total. The van der Waals surface area contributed by atoms with E-state index in [4.69, 9.17) is 25.8 Å². The number of carbonyl (C=O) groups is 1. The van der Waals surface area contributed by atoms with Crippen LogP contribution >= 0.6 is 27.5 Å². The van der Waals surface area contributed by atoms with Gasteiger partial charge in [0.05, 0.1) is 29.4 Å². The van der Waals surface area contributed by atoms with Crippen LogP contribution in [0.4, 0.5) is 10.1 Å². The average Bonchev–Trinajstić information content (AvgIpc) is 2.57. The number of hydrogen-bond donors (Lipinski definition) is 1. The zero-order chi connectivity index (χ0) is 18.6. The second-order valence-electron chi connectivity index (χ2n) is 5.01. The molecule has 0 fully saturated rings. The minimum Gasteiger partial charge on any atom is -0.495 e. The molecular formula is C17H16BrClFNO4. The second-order valence-corrected chi connectivity index (χ2v) is 6.27. The fourth-order valence-electron chi connectivity index (χ4n) is 2.01. The number of amides is 1. The number of methoxy groups -OCH3 is 2. The number of nitrogens with one attached hydrogen (secondary N) is 1. The van der Waals surface area contributed by atoms with Crippen molar-refractivity contribution in [3.63, 3.8) is 0 Å². The lowest BCUT2D eigenvalue weighted by molar-refractivity contribution is -0.122. The highest BCUT2D eigenvalue weighted by atomic mass is 79.9. The molecule has 0 aliphatic rings. The van der Waals surface area contributed by atoms with Gasteiger partial charge >= 0.3 is 0 Å². The molecule has 1 N–H and O–H groups in total. The summed E-state index contributed by atoms with van der Waals surface area (Å²) in [5.41, 5.74) is 0.381. The summed E-state index contributed by atoms with van der Waals surface area (Å²) < 4.78 is 29.4. The summed E-state index contributed by atoms with van der Waals surface area (Å²) in [5, 5.41) is 3.01. The predicted octanol–water partition coefficient (Wildman–Crippen LogP) is 4.66. The lowest BCUT2D eigenvalue weighted by Gasteiger charge is -2.17. The normalized spacial score (nSPS) is 11.6. The van der Waals surface area contributed by atoms with Crippen LogP contribution in [0, 0.1) is 5.82 Å². The van der Waals surface area contributed by atoms with Gasteiger partial charge in [-0.3, -0.25) is 4.79 Å². The van der Waals surface area contributed by atoms with E-state index >= 15 is 0 Å². The molecule has 0 spiro atoms. The average molecular weight is 433 g/mol. The molecule has 1 atom stereocenters. The number of carbonyl (C=O) groups excluding carboxylic acids is 1. The van der Waals surface area contributed by atoms with Gasteiger partial charge < -0.3 is 19.5 Å². The maximum atomic E-state index is 13.1. The molecule has 0 aromatic heterocycles. The van der Waals surface area contributed by atoms with E-state index in [-0.39, 0.29) is 0 Å². The zero-order valence-electron chi connectivity index (χ0n) is 13.7. The number of halogens is 3. The van der Waals surface area contributed by atoms with E-state index in [1.54, 1.807) is 13.0 Å². The van der Waals surface area contributed by atoms with Gasteiger partial charge in [-0.1, -0.05) is 11.6 Å². The monoisotopic (exact) mass is 431 g/mol. The molecule has 0 unspecified atom stereocenters. The van der Waals surface area contributed by atoms with Gasteiger partial charge in [0.25, 0.3) is 5.91 Å². The Morgan fingerprint density at radius 3 is 2.44 bits per heavy atom. The molecule has 0 aliphatic heterocycles. The van der Waals surface area contributed by atoms with Crippen LogP contribution in [0.5, 0.6) is 17.2 Å². The summed E-state index contributed by atoms with van der Waals surface area (Å²) in [6.45, 7) is 1.57. The first kappa shape index (κ1) is 19.3. The Morgan fingerprint density at radius 1 is 1.16 bits per heavy atom. The molecule has 0 radical (unpaired) electrons. The van der Waals surface area contributed by atoms with Crippen LogP contribution < -0.4 is 19.5 Å². The van der Waals surface area contributed by atoms with Gasteiger partial charge in [0.2, 0.25) is 0 Å². The van der Waals surface area contributed by atoms with Crippen molar-refractivity contribution in [1.82, 2.24) is 0 Å². The molecule has 134 valence electrons. The van der Waals surface area contributed by atoms with Crippen molar-refractivity contribution in [2.24, 2.45) is 0 Å². The largest absolute Gasteiger partial charge is 0.495 e. The van der Waals surface area contributed by atoms with Gasteiger partial charge in [0.15, 0.2) is 6.10 Å². The van der Waals surface area contributed by atoms with Crippen molar-refractivity contribution >= 4 is 39.1 Å². The van der Waals surface area contributed by atoms with Gasteiger partial charge in [0, 0.05) is 6.07 Å². The molecule has 2 aromatic carbocycles. The molecular weight excluding hydrogens is 417 g/mol. The van der Waals surface area contributed by atoms with Gasteiger partial charge in [0.1, 0.15) is 23.1 Å². The molecule has 2 aromatic rings. The summed E-state index contributed by atoms with van der Waals surface area (Å²) >= 11 is 9.27. The number of hydrogen-bond acceptors (Lipinski definition) is 4. The first-order valence-electron chi connectivity index (χ1n) is 7.19. The highest BCUT2D eigenvalue weighted by molar-refractivity contribution is 9.10. The smallest absolute Gasteiger partial charge is 0.265 e. The van der Waals surface area contributed by atoms with E-state index in [1.165, 1.54) is 38.5 Å². The summed E-state index contributed by atoms with van der Waals surface area (Å²) in [6, 6.07) is 7.04. The van der Waals surface area contributed by atoms with Crippen LogP contribution in [0.25, 0.3) is 0 Å². The van der Waals surface area contributed by atoms with Crippen LogP contribution in [0.1, 0.15) is 6.92 Å². The van der Waals surface area contributed by atoms with E-state index in [9.17, 15) is 9.18 Å². The lowest BCUT2D eigenvalue weighted by Crippen LogP contribution is -2.30. The van der Waals surface area contributed by atoms with Crippen molar-refractivity contribution in [1.29, 1.82) is 0 Å². The van der Waals surface area contributed by atoms with E-state index in [2.05, 4.69) is 21.2 Å². The Balaban J connectivity index is 2.14. The standard InChI is InChI=1S/C17H16BrClFNO4/c1-9(25-14-5-4-10(20)6-11(14)18)17(22)21-13-7-12(19)15(23-2)8-16(13)24-3/h4-9H,1-3H3,(H,21,22)/t9-/m1/s1. The number of benzene rings is 2. The topological polar surface area (TPSA) is 56.8 Å². The summed E-state index contributed by atoms with van der Waals surface area (Å²) in [7, 11) is 2.95. The maximum Gasteiger partial charge on any atom is 0.265 e. The first-order valence-corrected chi connectivity index (χ1v) is 8.37. The molecule has 0 aliphatic carbocycles. The second kappa shape index (κ2) is 8.40. The molecule has 0 saturated carbocycles. The minimum atomic E-state index is -0.840. The van der Waals surface area contributed by atoms with Crippen molar-refractivity contribution in [2.75, 3.05) is 19.5 Å². The highest BCUT2D eigenvalue weighted by Crippen LogP contribution is 2.36. The van der Waals surface area contributed by atoms with E-state index in [0.29, 0.717) is 32.4 Å². The van der Waals surface area contributed by atoms with Gasteiger partial charge in [-0.05, 0) is 47.1 Å². The summed E-state index contributed by atoms with van der Waals surface area (Å²) in [5.74, 6) is 0.342. The fourth-order valence-corrected chi connectivity index (χ4v) is 2.69. The van der Waals surface area contributed by atoms with E-state index in [0.717, 1.165) is 0 Å².